The minimum absolute atomic E-state index is 0.0719. The SMILES string of the molecule is COc1ccc(S(=O)(=O)N2CCCN(C(=O)C(C)C)CC2)cc1C. The van der Waals surface area contributed by atoms with Crippen LogP contribution in [0.4, 0.5) is 0 Å². The first-order valence-corrected chi connectivity index (χ1v) is 9.65. The zero-order valence-electron chi connectivity index (χ0n) is 14.8. The van der Waals surface area contributed by atoms with E-state index in [2.05, 4.69) is 0 Å². The predicted molar refractivity (Wildman–Crippen MR) is 92.5 cm³/mol. The van der Waals surface area contributed by atoms with E-state index in [4.69, 9.17) is 4.74 Å². The van der Waals surface area contributed by atoms with E-state index in [1.807, 2.05) is 20.8 Å². The minimum Gasteiger partial charge on any atom is -0.496 e. The van der Waals surface area contributed by atoms with Gasteiger partial charge in [0.15, 0.2) is 0 Å². The minimum atomic E-state index is -3.56. The number of carbonyl (C=O) groups is 1. The van der Waals surface area contributed by atoms with E-state index in [0.717, 1.165) is 5.56 Å². The van der Waals surface area contributed by atoms with Crippen LogP contribution in [0.5, 0.6) is 5.75 Å². The number of hydrogen-bond acceptors (Lipinski definition) is 4. The van der Waals surface area contributed by atoms with Gasteiger partial charge in [-0.2, -0.15) is 4.31 Å². The fourth-order valence-electron chi connectivity index (χ4n) is 2.88. The Kier molecular flexibility index (Phi) is 5.87. The Hall–Kier alpha value is -1.60. The van der Waals surface area contributed by atoms with E-state index in [-0.39, 0.29) is 16.7 Å². The quantitative estimate of drug-likeness (QED) is 0.828. The third-order valence-corrected chi connectivity index (χ3v) is 6.16. The molecule has 1 aromatic carbocycles. The second-order valence-electron chi connectivity index (χ2n) is 6.37. The molecule has 1 fully saturated rings. The van der Waals surface area contributed by atoms with Gasteiger partial charge in [-0.3, -0.25) is 4.79 Å². The normalized spacial score (nSPS) is 17.0. The largest absolute Gasteiger partial charge is 0.496 e. The molecule has 1 aromatic rings. The number of nitrogens with zero attached hydrogens (tertiary/aromatic N) is 2. The number of carbonyl (C=O) groups excluding carboxylic acids is 1. The number of methoxy groups -OCH3 is 1. The molecule has 1 saturated heterocycles. The zero-order chi connectivity index (χ0) is 17.9. The van der Waals surface area contributed by atoms with Crippen LogP contribution in [-0.2, 0) is 14.8 Å². The van der Waals surface area contributed by atoms with Crippen LogP contribution in [0, 0.1) is 12.8 Å². The van der Waals surface area contributed by atoms with Crippen molar-refractivity contribution in [2.75, 3.05) is 33.3 Å². The molecule has 1 amide bonds. The fourth-order valence-corrected chi connectivity index (χ4v) is 4.44. The Labute approximate surface area is 144 Å². The van der Waals surface area contributed by atoms with Crippen molar-refractivity contribution in [1.29, 1.82) is 0 Å². The van der Waals surface area contributed by atoms with Crippen LogP contribution >= 0.6 is 0 Å². The highest BCUT2D eigenvalue weighted by Gasteiger charge is 2.29. The molecule has 0 aromatic heterocycles. The average molecular weight is 354 g/mol. The van der Waals surface area contributed by atoms with Gasteiger partial charge < -0.3 is 9.64 Å². The van der Waals surface area contributed by atoms with Crippen molar-refractivity contribution in [2.45, 2.75) is 32.1 Å². The van der Waals surface area contributed by atoms with Gasteiger partial charge in [-0.1, -0.05) is 13.8 Å². The monoisotopic (exact) mass is 354 g/mol. The Morgan fingerprint density at radius 3 is 2.46 bits per heavy atom. The highest BCUT2D eigenvalue weighted by atomic mass is 32.2. The molecule has 1 aliphatic rings. The number of ether oxygens (including phenoxy) is 1. The summed E-state index contributed by atoms with van der Waals surface area (Å²) in [5.41, 5.74) is 0.782. The van der Waals surface area contributed by atoms with Crippen molar-refractivity contribution in [1.82, 2.24) is 9.21 Å². The van der Waals surface area contributed by atoms with Crippen molar-refractivity contribution in [3.63, 3.8) is 0 Å². The summed E-state index contributed by atoms with van der Waals surface area (Å²) in [6, 6.07) is 4.88. The summed E-state index contributed by atoms with van der Waals surface area (Å²) in [7, 11) is -2.00. The molecule has 2 rings (SSSR count). The summed E-state index contributed by atoms with van der Waals surface area (Å²) in [4.78, 5) is 14.2. The van der Waals surface area contributed by atoms with Gasteiger partial charge in [-0.15, -0.1) is 0 Å². The molecule has 1 aliphatic heterocycles. The molecule has 0 atom stereocenters. The second-order valence-corrected chi connectivity index (χ2v) is 8.31. The lowest BCUT2D eigenvalue weighted by atomic mass is 10.2. The summed E-state index contributed by atoms with van der Waals surface area (Å²) in [5, 5.41) is 0. The standard InChI is InChI=1S/C17H26N2O4S/c1-13(2)17(20)18-8-5-9-19(11-10-18)24(21,22)15-6-7-16(23-4)14(3)12-15/h6-7,12-13H,5,8-11H2,1-4H3. The Morgan fingerprint density at radius 1 is 1.17 bits per heavy atom. The average Bonchev–Trinajstić information content (AvgIpc) is 2.80. The molecule has 0 N–H and O–H groups in total. The highest BCUT2D eigenvalue weighted by molar-refractivity contribution is 7.89. The van der Waals surface area contributed by atoms with Gasteiger partial charge in [0.2, 0.25) is 15.9 Å². The lowest BCUT2D eigenvalue weighted by Gasteiger charge is -2.23. The predicted octanol–water partition coefficient (Wildman–Crippen LogP) is 1.88. The number of aryl methyl sites for hydroxylation is 1. The van der Waals surface area contributed by atoms with Crippen LogP contribution in [0.1, 0.15) is 25.8 Å². The first kappa shape index (κ1) is 18.7. The van der Waals surface area contributed by atoms with Gasteiger partial charge in [0, 0.05) is 32.1 Å². The molecule has 6 nitrogen and oxygen atoms in total. The lowest BCUT2D eigenvalue weighted by Crippen LogP contribution is -2.38. The lowest BCUT2D eigenvalue weighted by molar-refractivity contribution is -0.134. The second kappa shape index (κ2) is 7.53. The molecule has 0 unspecified atom stereocenters. The maximum absolute atomic E-state index is 12.9. The third-order valence-electron chi connectivity index (χ3n) is 4.26. The molecule has 0 spiro atoms. The smallest absolute Gasteiger partial charge is 0.243 e. The van der Waals surface area contributed by atoms with Crippen LogP contribution in [0.2, 0.25) is 0 Å². The summed E-state index contributed by atoms with van der Waals surface area (Å²) < 4.78 is 32.4. The summed E-state index contributed by atoms with van der Waals surface area (Å²) >= 11 is 0. The van der Waals surface area contributed by atoms with E-state index in [1.54, 1.807) is 30.2 Å². The van der Waals surface area contributed by atoms with E-state index in [1.165, 1.54) is 4.31 Å². The highest BCUT2D eigenvalue weighted by Crippen LogP contribution is 2.24. The van der Waals surface area contributed by atoms with Gasteiger partial charge in [-0.25, -0.2) is 8.42 Å². The van der Waals surface area contributed by atoms with Gasteiger partial charge in [-0.05, 0) is 37.1 Å². The summed E-state index contributed by atoms with van der Waals surface area (Å²) in [6.07, 6.45) is 0.646. The molecule has 0 aliphatic carbocycles. The molecule has 0 bridgehead atoms. The van der Waals surface area contributed by atoms with Crippen LogP contribution < -0.4 is 4.74 Å². The molecular formula is C17H26N2O4S. The Balaban J connectivity index is 2.18. The maximum Gasteiger partial charge on any atom is 0.243 e. The number of benzene rings is 1. The number of rotatable bonds is 4. The third kappa shape index (κ3) is 3.89. The van der Waals surface area contributed by atoms with Crippen LogP contribution in [-0.4, -0.2) is 56.8 Å². The van der Waals surface area contributed by atoms with Gasteiger partial charge >= 0.3 is 0 Å². The van der Waals surface area contributed by atoms with E-state index < -0.39 is 10.0 Å². The van der Waals surface area contributed by atoms with Crippen LogP contribution in [0.25, 0.3) is 0 Å². The van der Waals surface area contributed by atoms with E-state index in [9.17, 15) is 13.2 Å². The molecule has 1 heterocycles. The van der Waals surface area contributed by atoms with Crippen molar-refractivity contribution in [3.05, 3.63) is 23.8 Å². The number of hydrogen-bond donors (Lipinski definition) is 0. The molecule has 7 heteroatoms. The summed E-state index contributed by atoms with van der Waals surface area (Å²) in [5.74, 6) is 0.672. The van der Waals surface area contributed by atoms with E-state index >= 15 is 0 Å². The molecular weight excluding hydrogens is 328 g/mol. The number of sulfonamides is 1. The molecule has 134 valence electrons. The van der Waals surface area contributed by atoms with Gasteiger partial charge in [0.1, 0.15) is 5.75 Å². The first-order chi connectivity index (χ1) is 11.3. The zero-order valence-corrected chi connectivity index (χ0v) is 15.6. The first-order valence-electron chi connectivity index (χ1n) is 8.21. The number of amides is 1. The topological polar surface area (TPSA) is 66.9 Å². The summed E-state index contributed by atoms with van der Waals surface area (Å²) in [6.45, 7) is 7.34. The van der Waals surface area contributed by atoms with Gasteiger partial charge in [0.25, 0.3) is 0 Å². The van der Waals surface area contributed by atoms with Crippen LogP contribution in [0.15, 0.2) is 23.1 Å². The molecule has 0 saturated carbocycles. The molecule has 24 heavy (non-hydrogen) atoms. The fraction of sp³-hybridized carbons (Fsp3) is 0.588. The molecule has 0 radical (unpaired) electrons. The maximum atomic E-state index is 12.9. The van der Waals surface area contributed by atoms with Crippen molar-refractivity contribution in [3.8, 4) is 5.75 Å². The Bertz CT molecular complexity index is 701. The van der Waals surface area contributed by atoms with Gasteiger partial charge in [0.05, 0.1) is 12.0 Å². The Morgan fingerprint density at radius 2 is 1.88 bits per heavy atom. The van der Waals surface area contributed by atoms with Crippen molar-refractivity contribution in [2.24, 2.45) is 5.92 Å². The van der Waals surface area contributed by atoms with Crippen molar-refractivity contribution < 1.29 is 17.9 Å². The van der Waals surface area contributed by atoms with E-state index in [0.29, 0.717) is 38.3 Å². The van der Waals surface area contributed by atoms with Crippen LogP contribution in [0.3, 0.4) is 0 Å². The van der Waals surface area contributed by atoms with Crippen molar-refractivity contribution >= 4 is 15.9 Å².